The lowest BCUT2D eigenvalue weighted by molar-refractivity contribution is -0.0171. The minimum Gasteiger partial charge on any atom is -0.467 e. The summed E-state index contributed by atoms with van der Waals surface area (Å²) in [4.78, 5) is 4.01. The highest BCUT2D eigenvalue weighted by molar-refractivity contribution is 7.98. The number of nitrogens with zero attached hydrogens (tertiary/aromatic N) is 2. The van der Waals surface area contributed by atoms with Gasteiger partial charge in [0.15, 0.2) is 6.79 Å². The fourth-order valence-electron chi connectivity index (χ4n) is 2.31. The van der Waals surface area contributed by atoms with E-state index in [1.165, 1.54) is 6.07 Å². The second-order valence-electron chi connectivity index (χ2n) is 4.87. The second kappa shape index (κ2) is 6.95. The lowest BCUT2D eigenvalue weighted by Gasteiger charge is -2.20. The molecule has 1 aliphatic heterocycles. The van der Waals surface area contributed by atoms with E-state index in [1.54, 1.807) is 24.0 Å². The molecule has 6 heteroatoms. The Bertz CT molecular complexity index is 590. The first-order valence-corrected chi connectivity index (χ1v) is 8.04. The first kappa shape index (κ1) is 14.4. The summed E-state index contributed by atoms with van der Waals surface area (Å²) in [5.74, 6) is 2.34. The van der Waals surface area contributed by atoms with Crippen LogP contribution in [-0.2, 0) is 23.6 Å². The van der Waals surface area contributed by atoms with Crippen LogP contribution in [0, 0.1) is 5.82 Å². The number of fused-ring (bicyclic) bond motifs is 1. The van der Waals surface area contributed by atoms with Crippen LogP contribution in [0.5, 0.6) is 5.75 Å². The molecule has 0 fully saturated rings. The van der Waals surface area contributed by atoms with Gasteiger partial charge in [0, 0.05) is 35.8 Å². The molecule has 2 aromatic rings. The van der Waals surface area contributed by atoms with Crippen LogP contribution in [0.2, 0.25) is 0 Å². The molecule has 4 nitrogen and oxygen atoms in total. The first-order valence-electron chi connectivity index (χ1n) is 6.88. The number of aromatic nitrogens is 2. The summed E-state index contributed by atoms with van der Waals surface area (Å²) in [5, 5.41) is 0. The van der Waals surface area contributed by atoms with Crippen LogP contribution in [0.3, 0.4) is 0 Å². The normalized spacial score (nSPS) is 13.8. The molecule has 0 atom stereocenters. The van der Waals surface area contributed by atoms with Crippen LogP contribution >= 0.6 is 11.8 Å². The molecule has 0 amide bonds. The molecule has 0 spiro atoms. The van der Waals surface area contributed by atoms with Gasteiger partial charge in [-0.1, -0.05) is 0 Å². The Labute approximate surface area is 127 Å². The van der Waals surface area contributed by atoms with Gasteiger partial charge in [0.25, 0.3) is 0 Å². The summed E-state index contributed by atoms with van der Waals surface area (Å²) in [5.41, 5.74) is 1.72. The number of rotatable bonds is 6. The fourth-order valence-corrected chi connectivity index (χ4v) is 3.23. The number of hydrogen-bond acceptors (Lipinski definition) is 4. The lowest BCUT2D eigenvalue weighted by atomic mass is 10.1. The third kappa shape index (κ3) is 3.77. The maximum atomic E-state index is 13.6. The summed E-state index contributed by atoms with van der Waals surface area (Å²) in [6.07, 6.45) is 6.62. The summed E-state index contributed by atoms with van der Waals surface area (Å²) < 4.78 is 26.3. The van der Waals surface area contributed by atoms with Crippen LogP contribution in [-0.4, -0.2) is 22.1 Å². The first-order chi connectivity index (χ1) is 10.3. The molecule has 0 radical (unpaired) electrons. The van der Waals surface area contributed by atoms with Gasteiger partial charge in [0.2, 0.25) is 0 Å². The number of thioether (sulfide) groups is 1. The highest BCUT2D eigenvalue weighted by Crippen LogP contribution is 2.32. The van der Waals surface area contributed by atoms with Crippen LogP contribution in [0.15, 0.2) is 30.9 Å². The number of ether oxygens (including phenoxy) is 2. The monoisotopic (exact) mass is 308 g/mol. The zero-order chi connectivity index (χ0) is 14.5. The molecule has 1 aromatic carbocycles. The largest absolute Gasteiger partial charge is 0.467 e. The predicted octanol–water partition coefficient (Wildman–Crippen LogP) is 3.21. The molecule has 3 rings (SSSR count). The number of benzene rings is 1. The van der Waals surface area contributed by atoms with E-state index in [1.807, 2.05) is 12.5 Å². The molecule has 21 heavy (non-hydrogen) atoms. The summed E-state index contributed by atoms with van der Waals surface area (Å²) in [6.45, 7) is 1.63. The average molecular weight is 308 g/mol. The molecular weight excluding hydrogens is 291 g/mol. The molecule has 0 N–H and O–H groups in total. The maximum Gasteiger partial charge on any atom is 0.189 e. The van der Waals surface area contributed by atoms with Crippen molar-refractivity contribution in [2.24, 2.45) is 0 Å². The van der Waals surface area contributed by atoms with E-state index in [4.69, 9.17) is 9.47 Å². The number of halogens is 1. The SMILES string of the molecule is Fc1cc2c(c(CSCCCn3ccnc3)c1)OCOC2. The van der Waals surface area contributed by atoms with Gasteiger partial charge in [-0.05, 0) is 24.3 Å². The minimum atomic E-state index is -0.225. The van der Waals surface area contributed by atoms with Gasteiger partial charge in [-0.25, -0.2) is 9.37 Å². The fraction of sp³-hybridized carbons (Fsp3) is 0.400. The molecule has 112 valence electrons. The zero-order valence-electron chi connectivity index (χ0n) is 11.6. The van der Waals surface area contributed by atoms with E-state index in [9.17, 15) is 4.39 Å². The van der Waals surface area contributed by atoms with Crippen molar-refractivity contribution < 1.29 is 13.9 Å². The second-order valence-corrected chi connectivity index (χ2v) is 5.98. The van der Waals surface area contributed by atoms with Crippen LogP contribution in [0.4, 0.5) is 4.39 Å². The molecule has 0 bridgehead atoms. The van der Waals surface area contributed by atoms with Crippen LogP contribution in [0.1, 0.15) is 17.5 Å². The highest BCUT2D eigenvalue weighted by Gasteiger charge is 2.16. The number of hydrogen-bond donors (Lipinski definition) is 0. The number of imidazole rings is 1. The molecule has 0 saturated heterocycles. The smallest absolute Gasteiger partial charge is 0.189 e. The van der Waals surface area contributed by atoms with Crippen molar-refractivity contribution in [3.8, 4) is 5.75 Å². The Hall–Kier alpha value is -1.53. The Morgan fingerprint density at radius 1 is 1.38 bits per heavy atom. The summed E-state index contributed by atoms with van der Waals surface area (Å²) >= 11 is 1.79. The van der Waals surface area contributed by atoms with Gasteiger partial charge in [0.05, 0.1) is 12.9 Å². The average Bonchev–Trinajstić information content (AvgIpc) is 3.00. The zero-order valence-corrected chi connectivity index (χ0v) is 12.4. The molecular formula is C15H17FN2O2S. The Morgan fingerprint density at radius 3 is 3.19 bits per heavy atom. The van der Waals surface area contributed by atoms with Gasteiger partial charge < -0.3 is 14.0 Å². The van der Waals surface area contributed by atoms with Gasteiger partial charge in [0.1, 0.15) is 11.6 Å². The van der Waals surface area contributed by atoms with Gasteiger partial charge in [-0.2, -0.15) is 11.8 Å². The van der Waals surface area contributed by atoms with E-state index >= 15 is 0 Å². The molecule has 0 aliphatic carbocycles. The lowest BCUT2D eigenvalue weighted by Crippen LogP contribution is -2.13. The van der Waals surface area contributed by atoms with Gasteiger partial charge >= 0.3 is 0 Å². The molecule has 0 saturated carbocycles. The summed E-state index contributed by atoms with van der Waals surface area (Å²) in [6, 6.07) is 3.05. The van der Waals surface area contributed by atoms with Gasteiger partial charge in [-0.15, -0.1) is 0 Å². The van der Waals surface area contributed by atoms with Crippen molar-refractivity contribution in [1.29, 1.82) is 0 Å². The predicted molar refractivity (Wildman–Crippen MR) is 79.7 cm³/mol. The molecule has 0 unspecified atom stereocenters. The Morgan fingerprint density at radius 2 is 2.33 bits per heavy atom. The summed E-state index contributed by atoms with van der Waals surface area (Å²) in [7, 11) is 0. The third-order valence-electron chi connectivity index (χ3n) is 3.27. The Kier molecular flexibility index (Phi) is 4.77. The minimum absolute atomic E-state index is 0.225. The van der Waals surface area contributed by atoms with Crippen molar-refractivity contribution in [3.05, 3.63) is 47.8 Å². The molecule has 1 aromatic heterocycles. The molecule has 1 aliphatic rings. The van der Waals surface area contributed by atoms with Crippen molar-refractivity contribution in [2.45, 2.75) is 25.3 Å². The number of aryl methyl sites for hydroxylation is 1. The van der Waals surface area contributed by atoms with Crippen LogP contribution in [0.25, 0.3) is 0 Å². The Balaban J connectivity index is 1.52. The molecule has 2 heterocycles. The van der Waals surface area contributed by atoms with Crippen molar-refractivity contribution in [1.82, 2.24) is 9.55 Å². The third-order valence-corrected chi connectivity index (χ3v) is 4.37. The van der Waals surface area contributed by atoms with E-state index in [-0.39, 0.29) is 12.6 Å². The quantitative estimate of drug-likeness (QED) is 0.768. The van der Waals surface area contributed by atoms with Gasteiger partial charge in [-0.3, -0.25) is 0 Å². The highest BCUT2D eigenvalue weighted by atomic mass is 32.2. The van der Waals surface area contributed by atoms with E-state index in [0.29, 0.717) is 6.61 Å². The van der Waals surface area contributed by atoms with Crippen LogP contribution < -0.4 is 4.74 Å². The van der Waals surface area contributed by atoms with Crippen molar-refractivity contribution in [2.75, 3.05) is 12.5 Å². The topological polar surface area (TPSA) is 36.3 Å². The van der Waals surface area contributed by atoms with E-state index < -0.39 is 0 Å². The van der Waals surface area contributed by atoms with E-state index in [2.05, 4.69) is 9.55 Å². The maximum absolute atomic E-state index is 13.6. The standard InChI is InChI=1S/C15H17FN2O2S/c16-14-6-12-8-19-11-20-15(12)13(7-14)9-21-5-1-3-18-4-2-17-10-18/h2,4,6-7,10H,1,3,5,8-9,11H2. The van der Waals surface area contributed by atoms with Crippen molar-refractivity contribution >= 4 is 11.8 Å². The van der Waals surface area contributed by atoms with E-state index in [0.717, 1.165) is 41.3 Å². The van der Waals surface area contributed by atoms with Crippen molar-refractivity contribution in [3.63, 3.8) is 0 Å².